The number of carbonyl (C=O) groups is 1. The molecule has 5 heteroatoms. The number of carbonyl (C=O) groups excluding carboxylic acids is 1. The van der Waals surface area contributed by atoms with Crippen molar-refractivity contribution in [1.29, 1.82) is 0 Å². The van der Waals surface area contributed by atoms with Crippen molar-refractivity contribution < 1.29 is 14.3 Å². The number of aromatic amines is 1. The molecule has 0 aliphatic heterocycles. The molecule has 0 unspecified atom stereocenters. The molecule has 0 saturated heterocycles. The number of nitrogens with one attached hydrogen (secondary N) is 1. The van der Waals surface area contributed by atoms with Gasteiger partial charge in [0.1, 0.15) is 17.2 Å². The van der Waals surface area contributed by atoms with Crippen LogP contribution in [0.5, 0.6) is 11.5 Å². The van der Waals surface area contributed by atoms with E-state index in [1.165, 1.54) is 0 Å². The number of ether oxygens (including phenoxy) is 2. The number of amides is 1. The molecular weight excluding hydrogens is 220 g/mol. The van der Waals surface area contributed by atoms with Gasteiger partial charge in [-0.3, -0.25) is 4.79 Å². The Morgan fingerprint density at radius 1 is 1.29 bits per heavy atom. The van der Waals surface area contributed by atoms with E-state index in [2.05, 4.69) is 4.98 Å². The molecule has 2 rings (SSSR count). The van der Waals surface area contributed by atoms with Gasteiger partial charge in [-0.2, -0.15) is 0 Å². The number of benzene rings is 1. The van der Waals surface area contributed by atoms with E-state index >= 15 is 0 Å². The highest BCUT2D eigenvalue weighted by Gasteiger charge is 2.16. The van der Waals surface area contributed by atoms with E-state index in [0.29, 0.717) is 17.2 Å². The molecule has 17 heavy (non-hydrogen) atoms. The number of rotatable bonds is 3. The molecule has 0 spiro atoms. The topological polar surface area (TPSA) is 77.3 Å². The maximum atomic E-state index is 11.3. The largest absolute Gasteiger partial charge is 0.497 e. The second-order valence-electron chi connectivity index (χ2n) is 3.74. The number of primary amides is 1. The Bertz CT molecular complexity index is 587. The Hall–Kier alpha value is -2.17. The number of fused-ring (bicyclic) bond motifs is 1. The molecule has 3 N–H and O–H groups in total. The third-order valence-corrected chi connectivity index (χ3v) is 2.81. The molecule has 0 aliphatic carbocycles. The average molecular weight is 234 g/mol. The predicted octanol–water partition coefficient (Wildman–Crippen LogP) is 1.59. The number of H-pyrrole nitrogens is 1. The smallest absolute Gasteiger partial charge is 0.265 e. The van der Waals surface area contributed by atoms with Gasteiger partial charge in [-0.05, 0) is 18.6 Å². The molecule has 0 radical (unpaired) electrons. The molecule has 0 aliphatic rings. The number of aryl methyl sites for hydroxylation is 1. The van der Waals surface area contributed by atoms with E-state index in [9.17, 15) is 4.79 Å². The lowest BCUT2D eigenvalue weighted by atomic mass is 10.1. The molecule has 5 nitrogen and oxygen atoms in total. The van der Waals surface area contributed by atoms with Gasteiger partial charge >= 0.3 is 0 Å². The van der Waals surface area contributed by atoms with E-state index in [1.807, 2.05) is 13.0 Å². The summed E-state index contributed by atoms with van der Waals surface area (Å²) in [5, 5.41) is 0.870. The van der Waals surface area contributed by atoms with Crippen molar-refractivity contribution in [1.82, 2.24) is 4.98 Å². The predicted molar refractivity (Wildman–Crippen MR) is 64.7 cm³/mol. The minimum absolute atomic E-state index is 0.395. The highest BCUT2D eigenvalue weighted by molar-refractivity contribution is 6.02. The van der Waals surface area contributed by atoms with Crippen LogP contribution in [0.2, 0.25) is 0 Å². The summed E-state index contributed by atoms with van der Waals surface area (Å²) in [5.41, 5.74) is 7.24. The van der Waals surface area contributed by atoms with Gasteiger partial charge in [-0.25, -0.2) is 0 Å². The molecule has 2 aromatic rings. The van der Waals surface area contributed by atoms with Crippen LogP contribution in [0.15, 0.2) is 12.1 Å². The van der Waals surface area contributed by atoms with Crippen molar-refractivity contribution in [3.63, 3.8) is 0 Å². The summed E-state index contributed by atoms with van der Waals surface area (Å²) < 4.78 is 10.4. The second kappa shape index (κ2) is 4.01. The lowest BCUT2D eigenvalue weighted by molar-refractivity contribution is 0.0996. The average Bonchev–Trinajstić information content (AvgIpc) is 2.66. The Balaban J connectivity index is 2.81. The summed E-state index contributed by atoms with van der Waals surface area (Å²) in [4.78, 5) is 14.2. The zero-order valence-electron chi connectivity index (χ0n) is 9.96. The van der Waals surface area contributed by atoms with Gasteiger partial charge in [0.15, 0.2) is 0 Å². The molecule has 0 fully saturated rings. The van der Waals surface area contributed by atoms with Gasteiger partial charge in [0, 0.05) is 11.5 Å². The fourth-order valence-corrected chi connectivity index (χ4v) is 1.89. The molecule has 90 valence electrons. The zero-order chi connectivity index (χ0) is 12.6. The minimum Gasteiger partial charge on any atom is -0.497 e. The van der Waals surface area contributed by atoms with E-state index < -0.39 is 5.91 Å². The van der Waals surface area contributed by atoms with Gasteiger partial charge < -0.3 is 20.2 Å². The molecule has 0 bridgehead atoms. The molecule has 1 aromatic carbocycles. The zero-order valence-corrected chi connectivity index (χ0v) is 9.96. The van der Waals surface area contributed by atoms with Gasteiger partial charge in [-0.15, -0.1) is 0 Å². The Morgan fingerprint density at radius 2 is 2.00 bits per heavy atom. The summed E-state index contributed by atoms with van der Waals surface area (Å²) in [6.07, 6.45) is 0. The standard InChI is InChI=1S/C12H14N2O3/c1-6-8-4-7(16-2)5-9(17-3)11(8)14-10(6)12(13)15/h4-5,14H,1-3H3,(H2,13,15). The molecule has 1 amide bonds. The minimum atomic E-state index is -0.486. The molecule has 1 aromatic heterocycles. The van der Waals surface area contributed by atoms with Crippen LogP contribution in [0.1, 0.15) is 16.1 Å². The van der Waals surface area contributed by atoms with E-state index in [1.54, 1.807) is 20.3 Å². The fraction of sp³-hybridized carbons (Fsp3) is 0.250. The van der Waals surface area contributed by atoms with E-state index in [0.717, 1.165) is 16.5 Å². The Morgan fingerprint density at radius 3 is 2.53 bits per heavy atom. The maximum Gasteiger partial charge on any atom is 0.265 e. The second-order valence-corrected chi connectivity index (χ2v) is 3.74. The summed E-state index contributed by atoms with van der Waals surface area (Å²) in [6, 6.07) is 3.60. The van der Waals surface area contributed by atoms with Gasteiger partial charge in [-0.1, -0.05) is 0 Å². The summed E-state index contributed by atoms with van der Waals surface area (Å²) in [5.74, 6) is 0.808. The number of aromatic nitrogens is 1. The molecule has 0 saturated carbocycles. The number of hydrogen-bond acceptors (Lipinski definition) is 3. The highest BCUT2D eigenvalue weighted by Crippen LogP contribution is 2.33. The van der Waals surface area contributed by atoms with Crippen LogP contribution in [0.4, 0.5) is 0 Å². The van der Waals surface area contributed by atoms with Gasteiger partial charge in [0.2, 0.25) is 0 Å². The van der Waals surface area contributed by atoms with Crippen LogP contribution in [-0.2, 0) is 0 Å². The van der Waals surface area contributed by atoms with Crippen molar-refractivity contribution in [2.45, 2.75) is 6.92 Å². The molecule has 1 heterocycles. The van der Waals surface area contributed by atoms with Crippen LogP contribution in [0, 0.1) is 6.92 Å². The quantitative estimate of drug-likeness (QED) is 0.846. The van der Waals surface area contributed by atoms with Crippen molar-refractivity contribution >= 4 is 16.8 Å². The monoisotopic (exact) mass is 234 g/mol. The highest BCUT2D eigenvalue weighted by atomic mass is 16.5. The Kier molecular flexibility index (Phi) is 2.67. The number of methoxy groups -OCH3 is 2. The first-order valence-corrected chi connectivity index (χ1v) is 5.12. The molecule has 0 atom stereocenters. The van der Waals surface area contributed by atoms with Crippen LogP contribution in [0.3, 0.4) is 0 Å². The summed E-state index contributed by atoms with van der Waals surface area (Å²) >= 11 is 0. The van der Waals surface area contributed by atoms with Crippen molar-refractivity contribution in [3.05, 3.63) is 23.4 Å². The lowest BCUT2D eigenvalue weighted by Crippen LogP contribution is -2.12. The van der Waals surface area contributed by atoms with Gasteiger partial charge in [0.05, 0.1) is 19.7 Å². The van der Waals surface area contributed by atoms with E-state index in [-0.39, 0.29) is 0 Å². The first-order chi connectivity index (χ1) is 8.08. The first-order valence-electron chi connectivity index (χ1n) is 5.12. The van der Waals surface area contributed by atoms with E-state index in [4.69, 9.17) is 15.2 Å². The van der Waals surface area contributed by atoms with Gasteiger partial charge in [0.25, 0.3) is 5.91 Å². The van der Waals surface area contributed by atoms with Crippen LogP contribution < -0.4 is 15.2 Å². The van der Waals surface area contributed by atoms with Crippen molar-refractivity contribution in [2.24, 2.45) is 5.73 Å². The fourth-order valence-electron chi connectivity index (χ4n) is 1.89. The van der Waals surface area contributed by atoms with Crippen molar-refractivity contribution in [3.8, 4) is 11.5 Å². The summed E-state index contributed by atoms with van der Waals surface area (Å²) in [7, 11) is 3.14. The number of hydrogen-bond donors (Lipinski definition) is 2. The van der Waals surface area contributed by atoms with Crippen LogP contribution >= 0.6 is 0 Å². The lowest BCUT2D eigenvalue weighted by Gasteiger charge is -2.05. The van der Waals surface area contributed by atoms with Crippen LogP contribution in [-0.4, -0.2) is 25.1 Å². The third kappa shape index (κ3) is 1.69. The van der Waals surface area contributed by atoms with Crippen LogP contribution in [0.25, 0.3) is 10.9 Å². The first kappa shape index (κ1) is 11.3. The maximum absolute atomic E-state index is 11.3. The third-order valence-electron chi connectivity index (χ3n) is 2.81. The number of nitrogens with two attached hydrogens (primary N) is 1. The summed E-state index contributed by atoms with van der Waals surface area (Å²) in [6.45, 7) is 1.83. The van der Waals surface area contributed by atoms with Crippen molar-refractivity contribution in [2.75, 3.05) is 14.2 Å². The SMILES string of the molecule is COc1cc(OC)c2[nH]c(C(N)=O)c(C)c2c1. The Labute approximate surface area is 98.5 Å². The molecular formula is C12H14N2O3. The normalized spacial score (nSPS) is 10.5.